The van der Waals surface area contributed by atoms with Gasteiger partial charge in [-0.25, -0.2) is 17.5 Å². The van der Waals surface area contributed by atoms with Gasteiger partial charge < -0.3 is 4.74 Å². The number of piperazine rings is 1. The summed E-state index contributed by atoms with van der Waals surface area (Å²) in [6.07, 6.45) is 3.45. The zero-order valence-corrected chi connectivity index (χ0v) is 22.8. The molecule has 0 amide bonds. The molecule has 2 aliphatic rings. The van der Waals surface area contributed by atoms with E-state index >= 15 is 0 Å². The van der Waals surface area contributed by atoms with Gasteiger partial charge in [-0.2, -0.15) is 9.40 Å². The highest BCUT2D eigenvalue weighted by Crippen LogP contribution is 2.33. The van der Waals surface area contributed by atoms with Crippen molar-refractivity contribution >= 4 is 20.9 Å². The molecule has 0 N–H and O–H groups in total. The van der Waals surface area contributed by atoms with E-state index in [0.29, 0.717) is 38.8 Å². The van der Waals surface area contributed by atoms with E-state index in [4.69, 9.17) is 4.74 Å². The van der Waals surface area contributed by atoms with Crippen molar-refractivity contribution in [3.8, 4) is 5.69 Å². The van der Waals surface area contributed by atoms with Gasteiger partial charge in [0.25, 0.3) is 0 Å². The number of hydrogen-bond acceptors (Lipinski definition) is 5. The Kier molecular flexibility index (Phi) is 7.68. The van der Waals surface area contributed by atoms with Crippen LogP contribution in [0, 0.1) is 24.6 Å². The molecule has 3 heterocycles. The molecule has 7 nitrogen and oxygen atoms in total. The molecular formula is C28H37FN4O3S. The standard InChI is InChI=1S/C28H37FN4O3S/c1-20(2)17-31-10-11-32(37(34,35)19-22-8-12-36-13-9-22)18-28(31)26-15-23-16-30-33(27(23)14-21(26)3)25-6-4-24(29)5-7-25/h4-7,14-16,20,22,28H,8-13,17-19H2,1-3H3/t28-/m1/s1. The molecule has 9 heteroatoms. The van der Waals surface area contributed by atoms with Crippen LogP contribution in [-0.4, -0.2) is 72.5 Å². The molecule has 1 atom stereocenters. The average Bonchev–Trinajstić information content (AvgIpc) is 3.27. The molecule has 0 aliphatic carbocycles. The molecule has 2 fully saturated rings. The van der Waals surface area contributed by atoms with Gasteiger partial charge in [-0.3, -0.25) is 4.90 Å². The molecule has 3 aromatic rings. The first-order chi connectivity index (χ1) is 17.7. The highest BCUT2D eigenvalue weighted by Gasteiger charge is 2.36. The first kappa shape index (κ1) is 26.3. The smallest absolute Gasteiger partial charge is 0.214 e. The number of sulfonamides is 1. The third-order valence-electron chi connectivity index (χ3n) is 7.62. The van der Waals surface area contributed by atoms with Crippen LogP contribution >= 0.6 is 0 Å². The van der Waals surface area contributed by atoms with Crippen LogP contribution < -0.4 is 0 Å². The highest BCUT2D eigenvalue weighted by atomic mass is 32.2. The van der Waals surface area contributed by atoms with Crippen LogP contribution in [0.15, 0.2) is 42.6 Å². The summed E-state index contributed by atoms with van der Waals surface area (Å²) in [5.41, 5.74) is 3.98. The van der Waals surface area contributed by atoms with Crippen molar-refractivity contribution in [3.05, 3.63) is 59.5 Å². The zero-order chi connectivity index (χ0) is 26.2. The fourth-order valence-corrected chi connectivity index (χ4v) is 7.56. The molecule has 2 saturated heterocycles. The lowest BCUT2D eigenvalue weighted by atomic mass is 9.96. The summed E-state index contributed by atoms with van der Waals surface area (Å²) in [6, 6.07) is 10.6. The minimum absolute atomic E-state index is 0.0285. The molecular weight excluding hydrogens is 491 g/mol. The van der Waals surface area contributed by atoms with Crippen molar-refractivity contribution in [1.82, 2.24) is 19.0 Å². The van der Waals surface area contributed by atoms with Gasteiger partial charge >= 0.3 is 0 Å². The SMILES string of the molecule is Cc1cc2c(cnn2-c2ccc(F)cc2)cc1[C@H]1CN(S(=O)(=O)CC2CCOCC2)CCN1CC(C)C. The summed E-state index contributed by atoms with van der Waals surface area (Å²) < 4.78 is 49.4. The summed E-state index contributed by atoms with van der Waals surface area (Å²) in [6.45, 7) is 10.4. The Morgan fingerprint density at radius 3 is 2.54 bits per heavy atom. The van der Waals surface area contributed by atoms with E-state index in [-0.39, 0.29) is 23.5 Å². The molecule has 2 aliphatic heterocycles. The largest absolute Gasteiger partial charge is 0.381 e. The van der Waals surface area contributed by atoms with Crippen LogP contribution in [0.25, 0.3) is 16.6 Å². The predicted octanol–water partition coefficient (Wildman–Crippen LogP) is 4.54. The molecule has 0 radical (unpaired) electrons. The Morgan fingerprint density at radius 2 is 1.84 bits per heavy atom. The van der Waals surface area contributed by atoms with Crippen molar-refractivity contribution in [3.63, 3.8) is 0 Å². The number of nitrogens with zero attached hydrogens (tertiary/aromatic N) is 4. The second-order valence-corrected chi connectivity index (χ2v) is 12.9. The lowest BCUT2D eigenvalue weighted by Crippen LogP contribution is -2.52. The normalized spacial score (nSPS) is 20.7. The molecule has 1 aromatic heterocycles. The topological polar surface area (TPSA) is 67.7 Å². The zero-order valence-electron chi connectivity index (χ0n) is 21.9. The summed E-state index contributed by atoms with van der Waals surface area (Å²) in [5, 5.41) is 5.56. The van der Waals surface area contributed by atoms with Crippen molar-refractivity contribution in [2.45, 2.75) is 39.7 Å². The van der Waals surface area contributed by atoms with Gasteiger partial charge in [-0.05, 0) is 79.1 Å². The minimum Gasteiger partial charge on any atom is -0.381 e. The molecule has 2 aromatic carbocycles. The Morgan fingerprint density at radius 1 is 1.11 bits per heavy atom. The molecule has 0 unspecified atom stereocenters. The second kappa shape index (κ2) is 10.8. The Bertz CT molecular complexity index is 1330. The van der Waals surface area contributed by atoms with E-state index in [2.05, 4.69) is 42.9 Å². The number of aryl methyl sites for hydroxylation is 1. The number of aromatic nitrogens is 2. The van der Waals surface area contributed by atoms with Crippen molar-refractivity contribution in [2.24, 2.45) is 11.8 Å². The van der Waals surface area contributed by atoms with Gasteiger partial charge in [0, 0.05) is 50.8 Å². The molecule has 0 spiro atoms. The molecule has 0 bridgehead atoms. The van der Waals surface area contributed by atoms with E-state index in [1.54, 1.807) is 16.4 Å². The number of hydrogen-bond donors (Lipinski definition) is 0. The maximum absolute atomic E-state index is 13.5. The number of benzene rings is 2. The maximum Gasteiger partial charge on any atom is 0.214 e. The number of ether oxygens (including phenoxy) is 1. The molecule has 5 rings (SSSR count). The van der Waals surface area contributed by atoms with Crippen LogP contribution in [0.4, 0.5) is 4.39 Å². The van der Waals surface area contributed by atoms with Crippen LogP contribution in [0.5, 0.6) is 0 Å². The average molecular weight is 529 g/mol. The molecule has 37 heavy (non-hydrogen) atoms. The van der Waals surface area contributed by atoms with E-state index in [9.17, 15) is 12.8 Å². The first-order valence-corrected chi connectivity index (χ1v) is 14.9. The quantitative estimate of drug-likeness (QED) is 0.450. The van der Waals surface area contributed by atoms with E-state index in [1.165, 1.54) is 12.1 Å². The Labute approximate surface area is 219 Å². The van der Waals surface area contributed by atoms with Gasteiger partial charge in [-0.1, -0.05) is 13.8 Å². The lowest BCUT2D eigenvalue weighted by Gasteiger charge is -2.42. The Hall–Kier alpha value is -2.33. The third-order valence-corrected chi connectivity index (χ3v) is 9.63. The van der Waals surface area contributed by atoms with Crippen LogP contribution in [-0.2, 0) is 14.8 Å². The monoisotopic (exact) mass is 528 g/mol. The van der Waals surface area contributed by atoms with E-state index in [1.807, 2.05) is 10.9 Å². The summed E-state index contributed by atoms with van der Waals surface area (Å²) in [4.78, 5) is 2.43. The first-order valence-electron chi connectivity index (χ1n) is 13.2. The van der Waals surface area contributed by atoms with Crippen LogP contribution in [0.1, 0.15) is 43.9 Å². The number of rotatable bonds is 7. The predicted molar refractivity (Wildman–Crippen MR) is 144 cm³/mol. The van der Waals surface area contributed by atoms with Gasteiger partial charge in [0.1, 0.15) is 5.82 Å². The maximum atomic E-state index is 13.5. The van der Waals surface area contributed by atoms with Crippen LogP contribution in [0.3, 0.4) is 0 Å². The fourth-order valence-electron chi connectivity index (χ4n) is 5.69. The van der Waals surface area contributed by atoms with Crippen molar-refractivity contribution in [1.29, 1.82) is 0 Å². The van der Waals surface area contributed by atoms with Gasteiger partial charge in [0.15, 0.2) is 0 Å². The van der Waals surface area contributed by atoms with Crippen molar-refractivity contribution < 1.29 is 17.5 Å². The molecule has 0 saturated carbocycles. The lowest BCUT2D eigenvalue weighted by molar-refractivity contribution is 0.0712. The van der Waals surface area contributed by atoms with E-state index in [0.717, 1.165) is 47.1 Å². The van der Waals surface area contributed by atoms with E-state index < -0.39 is 10.0 Å². The minimum atomic E-state index is -3.36. The second-order valence-electron chi connectivity index (χ2n) is 10.9. The van der Waals surface area contributed by atoms with Gasteiger partial charge in [0.2, 0.25) is 10.0 Å². The van der Waals surface area contributed by atoms with Crippen molar-refractivity contribution in [2.75, 3.05) is 45.1 Å². The summed E-state index contributed by atoms with van der Waals surface area (Å²) in [5.74, 6) is 0.562. The van der Waals surface area contributed by atoms with Crippen LogP contribution in [0.2, 0.25) is 0 Å². The third kappa shape index (κ3) is 5.74. The van der Waals surface area contributed by atoms with Gasteiger partial charge in [0.05, 0.1) is 23.2 Å². The summed E-state index contributed by atoms with van der Waals surface area (Å²) >= 11 is 0. The highest BCUT2D eigenvalue weighted by molar-refractivity contribution is 7.89. The fraction of sp³-hybridized carbons (Fsp3) is 0.536. The Balaban J connectivity index is 1.45. The summed E-state index contributed by atoms with van der Waals surface area (Å²) in [7, 11) is -3.36. The molecule has 200 valence electrons. The van der Waals surface area contributed by atoms with Gasteiger partial charge in [-0.15, -0.1) is 0 Å². The number of fused-ring (bicyclic) bond motifs is 1. The number of halogens is 1.